The average molecular weight is 155 g/mol. The molecular formula is C5H8Cl2O. The lowest BCUT2D eigenvalue weighted by Crippen LogP contribution is -1.77. The van der Waals surface area contributed by atoms with Crippen molar-refractivity contribution in [3.8, 4) is 0 Å². The quantitative estimate of drug-likeness (QED) is 0.618. The maximum absolute atomic E-state index is 8.26. The topological polar surface area (TPSA) is 20.2 Å². The van der Waals surface area contributed by atoms with Crippen molar-refractivity contribution < 1.29 is 5.11 Å². The Hall–Kier alpha value is 0.280. The summed E-state index contributed by atoms with van der Waals surface area (Å²) in [6, 6.07) is 0. The second kappa shape index (κ2) is 5.42. The van der Waals surface area contributed by atoms with Crippen LogP contribution in [0, 0.1) is 0 Å². The van der Waals surface area contributed by atoms with Crippen molar-refractivity contribution in [1.82, 2.24) is 0 Å². The summed E-state index contributed by atoms with van der Waals surface area (Å²) in [6.07, 6.45) is 3.14. The number of unbranched alkanes of at least 4 members (excludes halogenated alkanes) is 1. The van der Waals surface area contributed by atoms with Crippen LogP contribution >= 0.6 is 23.2 Å². The molecule has 48 valence electrons. The zero-order valence-corrected chi connectivity index (χ0v) is 5.91. The van der Waals surface area contributed by atoms with E-state index in [4.69, 9.17) is 28.3 Å². The monoisotopic (exact) mass is 154 g/mol. The predicted molar refractivity (Wildman–Crippen MR) is 36.1 cm³/mol. The van der Waals surface area contributed by atoms with Crippen LogP contribution in [0.25, 0.3) is 0 Å². The molecule has 0 saturated heterocycles. The Labute approximate surface area is 58.9 Å². The molecule has 0 aliphatic heterocycles. The molecule has 3 heteroatoms. The van der Waals surface area contributed by atoms with Crippen LogP contribution in [0.5, 0.6) is 0 Å². The minimum Gasteiger partial charge on any atom is -0.396 e. The number of aliphatic hydroxyl groups excluding tert-OH is 1. The van der Waals surface area contributed by atoms with Crippen LogP contribution in [-0.2, 0) is 0 Å². The molecule has 0 aromatic carbocycles. The van der Waals surface area contributed by atoms with Crippen molar-refractivity contribution in [1.29, 1.82) is 0 Å². The molecule has 0 saturated carbocycles. The predicted octanol–water partition coefficient (Wildman–Crippen LogP) is 2.08. The number of halogens is 2. The molecule has 0 heterocycles. The van der Waals surface area contributed by atoms with Gasteiger partial charge in [-0.15, -0.1) is 0 Å². The van der Waals surface area contributed by atoms with E-state index < -0.39 is 0 Å². The molecule has 1 nitrogen and oxygen atoms in total. The van der Waals surface area contributed by atoms with Crippen molar-refractivity contribution in [2.45, 2.75) is 12.8 Å². The van der Waals surface area contributed by atoms with Gasteiger partial charge in [-0.2, -0.15) is 0 Å². The van der Waals surface area contributed by atoms with E-state index in [2.05, 4.69) is 0 Å². The van der Waals surface area contributed by atoms with E-state index in [1.54, 1.807) is 6.08 Å². The Balaban J connectivity index is 3.03. The minimum atomic E-state index is 0.192. The van der Waals surface area contributed by atoms with E-state index in [9.17, 15) is 0 Å². The number of rotatable bonds is 3. The van der Waals surface area contributed by atoms with Crippen LogP contribution < -0.4 is 0 Å². The van der Waals surface area contributed by atoms with Gasteiger partial charge in [-0.3, -0.25) is 0 Å². The number of allylic oxidation sites excluding steroid dienone is 1. The molecule has 1 N–H and O–H groups in total. The van der Waals surface area contributed by atoms with Gasteiger partial charge in [0.25, 0.3) is 0 Å². The standard InChI is InChI=1S/C5H8Cl2O/c6-5(7)3-1-2-4-8/h3,8H,1-2,4H2. The molecule has 0 aliphatic rings. The van der Waals surface area contributed by atoms with Gasteiger partial charge in [0.05, 0.1) is 0 Å². The second-order valence-electron chi connectivity index (χ2n) is 1.36. The highest BCUT2D eigenvalue weighted by Crippen LogP contribution is 2.07. The Morgan fingerprint density at radius 1 is 1.50 bits per heavy atom. The summed E-state index contributed by atoms with van der Waals surface area (Å²) in [7, 11) is 0. The Bertz CT molecular complexity index is 76.5. The van der Waals surface area contributed by atoms with E-state index >= 15 is 0 Å². The molecule has 0 rings (SSSR count). The molecule has 0 spiro atoms. The normalized spacial score (nSPS) is 8.88. The SMILES string of the molecule is OCCCC=C(Cl)Cl. The zero-order valence-electron chi connectivity index (χ0n) is 4.40. The first-order chi connectivity index (χ1) is 3.77. The second-order valence-corrected chi connectivity index (χ2v) is 2.37. The summed E-state index contributed by atoms with van der Waals surface area (Å²) >= 11 is 10.5. The van der Waals surface area contributed by atoms with Crippen LogP contribution in [0.1, 0.15) is 12.8 Å². The third-order valence-corrected chi connectivity index (χ3v) is 0.969. The highest BCUT2D eigenvalue weighted by Gasteiger charge is 1.82. The van der Waals surface area contributed by atoms with Crippen LogP contribution in [0.3, 0.4) is 0 Å². The highest BCUT2D eigenvalue weighted by molar-refractivity contribution is 6.55. The summed E-state index contributed by atoms with van der Waals surface area (Å²) in [5.41, 5.74) is 0. The van der Waals surface area contributed by atoms with Gasteiger partial charge in [0.1, 0.15) is 4.49 Å². The zero-order chi connectivity index (χ0) is 6.41. The van der Waals surface area contributed by atoms with Gasteiger partial charge in [0.2, 0.25) is 0 Å². The summed E-state index contributed by atoms with van der Waals surface area (Å²) < 4.78 is 0.276. The van der Waals surface area contributed by atoms with Gasteiger partial charge in [0.15, 0.2) is 0 Å². The minimum absolute atomic E-state index is 0.192. The van der Waals surface area contributed by atoms with Crippen molar-refractivity contribution >= 4 is 23.2 Å². The first kappa shape index (κ1) is 8.28. The molecule has 0 aliphatic carbocycles. The summed E-state index contributed by atoms with van der Waals surface area (Å²) in [4.78, 5) is 0. The fraction of sp³-hybridized carbons (Fsp3) is 0.600. The highest BCUT2D eigenvalue weighted by atomic mass is 35.5. The van der Waals surface area contributed by atoms with E-state index in [-0.39, 0.29) is 11.1 Å². The molecule has 0 aromatic rings. The average Bonchev–Trinajstić information content (AvgIpc) is 1.66. The third-order valence-electron chi connectivity index (χ3n) is 0.661. The van der Waals surface area contributed by atoms with Gasteiger partial charge < -0.3 is 5.11 Å². The summed E-state index contributed by atoms with van der Waals surface area (Å²) in [5.74, 6) is 0. The third kappa shape index (κ3) is 6.28. The van der Waals surface area contributed by atoms with Crippen molar-refractivity contribution in [3.63, 3.8) is 0 Å². The lowest BCUT2D eigenvalue weighted by Gasteiger charge is -1.85. The fourth-order valence-corrected chi connectivity index (χ4v) is 0.521. The van der Waals surface area contributed by atoms with E-state index in [0.717, 1.165) is 12.8 Å². The lowest BCUT2D eigenvalue weighted by molar-refractivity contribution is 0.289. The Morgan fingerprint density at radius 3 is 2.50 bits per heavy atom. The molecular weight excluding hydrogens is 147 g/mol. The number of aliphatic hydroxyl groups is 1. The molecule has 0 atom stereocenters. The van der Waals surface area contributed by atoms with E-state index in [0.29, 0.717) is 0 Å². The lowest BCUT2D eigenvalue weighted by atomic mass is 10.3. The van der Waals surface area contributed by atoms with Crippen molar-refractivity contribution in [3.05, 3.63) is 10.6 Å². The van der Waals surface area contributed by atoms with Crippen LogP contribution in [0.4, 0.5) is 0 Å². The van der Waals surface area contributed by atoms with Gasteiger partial charge >= 0.3 is 0 Å². The molecule has 0 amide bonds. The van der Waals surface area contributed by atoms with E-state index in [1.807, 2.05) is 0 Å². The largest absolute Gasteiger partial charge is 0.396 e. The van der Waals surface area contributed by atoms with Gasteiger partial charge in [0, 0.05) is 6.61 Å². The smallest absolute Gasteiger partial charge is 0.102 e. The van der Waals surface area contributed by atoms with Crippen molar-refractivity contribution in [2.75, 3.05) is 6.61 Å². The van der Waals surface area contributed by atoms with Gasteiger partial charge in [-0.25, -0.2) is 0 Å². The number of hydrogen-bond acceptors (Lipinski definition) is 1. The molecule has 0 fully saturated rings. The van der Waals surface area contributed by atoms with Crippen LogP contribution in [0.15, 0.2) is 10.6 Å². The van der Waals surface area contributed by atoms with Crippen LogP contribution in [0.2, 0.25) is 0 Å². The maximum atomic E-state index is 8.26. The molecule has 0 bridgehead atoms. The Kier molecular flexibility index (Phi) is 5.61. The number of hydrogen-bond donors (Lipinski definition) is 1. The maximum Gasteiger partial charge on any atom is 0.102 e. The summed E-state index contributed by atoms with van der Waals surface area (Å²) in [5, 5.41) is 8.26. The molecule has 0 radical (unpaired) electrons. The van der Waals surface area contributed by atoms with Crippen molar-refractivity contribution in [2.24, 2.45) is 0 Å². The van der Waals surface area contributed by atoms with Gasteiger partial charge in [-0.1, -0.05) is 29.3 Å². The molecule has 8 heavy (non-hydrogen) atoms. The first-order valence-electron chi connectivity index (χ1n) is 2.39. The molecule has 0 unspecified atom stereocenters. The van der Waals surface area contributed by atoms with E-state index in [1.165, 1.54) is 0 Å². The summed E-state index contributed by atoms with van der Waals surface area (Å²) in [6.45, 7) is 0.192. The Morgan fingerprint density at radius 2 is 2.12 bits per heavy atom. The first-order valence-corrected chi connectivity index (χ1v) is 3.15. The van der Waals surface area contributed by atoms with Gasteiger partial charge in [-0.05, 0) is 12.8 Å². The van der Waals surface area contributed by atoms with Crippen LogP contribution in [-0.4, -0.2) is 11.7 Å². The fourth-order valence-electron chi connectivity index (χ4n) is 0.302. The molecule has 0 aromatic heterocycles.